The van der Waals surface area contributed by atoms with Crippen LogP contribution >= 0.6 is 0 Å². The summed E-state index contributed by atoms with van der Waals surface area (Å²) in [5.74, 6) is -0.817. The molecule has 4 aromatic rings. The minimum Gasteiger partial charge on any atom is -0.484 e. The van der Waals surface area contributed by atoms with Crippen molar-refractivity contribution in [3.63, 3.8) is 0 Å². The lowest BCUT2D eigenvalue weighted by Gasteiger charge is -2.24. The summed E-state index contributed by atoms with van der Waals surface area (Å²) >= 11 is 0. The molecule has 4 aromatic carbocycles. The van der Waals surface area contributed by atoms with Gasteiger partial charge in [-0.15, -0.1) is 0 Å². The van der Waals surface area contributed by atoms with Crippen LogP contribution in [0.4, 0.5) is 24.5 Å². The van der Waals surface area contributed by atoms with Crippen LogP contribution in [0, 0.1) is 13.8 Å². The molecule has 234 valence electrons. The van der Waals surface area contributed by atoms with Crippen LogP contribution in [0.15, 0.2) is 107 Å². The lowest BCUT2D eigenvalue weighted by molar-refractivity contribution is -0.137. The average molecular weight is 639 g/mol. The molecule has 0 unspecified atom stereocenters. The zero-order chi connectivity index (χ0) is 32.6. The highest BCUT2D eigenvalue weighted by Crippen LogP contribution is 2.33. The summed E-state index contributed by atoms with van der Waals surface area (Å²) < 4.78 is 73.2. The van der Waals surface area contributed by atoms with Gasteiger partial charge in [-0.25, -0.2) is 13.8 Å². The van der Waals surface area contributed by atoms with Crippen molar-refractivity contribution in [2.24, 2.45) is 5.10 Å². The molecule has 0 heterocycles. The fourth-order valence-electron chi connectivity index (χ4n) is 3.97. The molecule has 0 aliphatic rings. The molecule has 0 saturated heterocycles. The SMILES string of the molecule is Cc1ccc(NC(=O)COc2ccc(/C=N\NC(=O)CN(c3cccc(C(F)(F)F)c3)S(=O)(=O)c3ccc(C)cc3)cc2)cc1. The summed E-state index contributed by atoms with van der Waals surface area (Å²) in [7, 11) is -4.43. The number of aryl methyl sites for hydroxylation is 2. The molecule has 0 aliphatic carbocycles. The number of hydrogen-bond acceptors (Lipinski definition) is 6. The molecule has 2 amide bonds. The molecule has 0 fully saturated rings. The fourth-order valence-corrected chi connectivity index (χ4v) is 5.38. The number of carbonyl (C=O) groups is 2. The van der Waals surface area contributed by atoms with E-state index in [1.165, 1.54) is 36.5 Å². The second-order valence-corrected chi connectivity index (χ2v) is 11.8. The number of hydrogen-bond donors (Lipinski definition) is 2. The average Bonchev–Trinajstić information content (AvgIpc) is 3.00. The molecule has 2 N–H and O–H groups in total. The van der Waals surface area contributed by atoms with E-state index in [1.54, 1.807) is 43.3 Å². The Morgan fingerprint density at radius 3 is 2.11 bits per heavy atom. The van der Waals surface area contributed by atoms with Gasteiger partial charge < -0.3 is 10.1 Å². The summed E-state index contributed by atoms with van der Waals surface area (Å²) in [5, 5.41) is 6.56. The Balaban J connectivity index is 1.40. The molecule has 4 rings (SSSR count). The van der Waals surface area contributed by atoms with E-state index < -0.39 is 34.2 Å². The van der Waals surface area contributed by atoms with Crippen LogP contribution in [0.3, 0.4) is 0 Å². The van der Waals surface area contributed by atoms with Crippen LogP contribution in [0.1, 0.15) is 22.3 Å². The highest BCUT2D eigenvalue weighted by molar-refractivity contribution is 7.92. The maximum Gasteiger partial charge on any atom is 0.416 e. The predicted octanol–water partition coefficient (Wildman–Crippen LogP) is 5.69. The summed E-state index contributed by atoms with van der Waals surface area (Å²) in [6.45, 7) is 2.63. The van der Waals surface area contributed by atoms with Crippen LogP contribution < -0.4 is 19.8 Å². The first-order valence-corrected chi connectivity index (χ1v) is 14.9. The van der Waals surface area contributed by atoms with Gasteiger partial charge in [-0.2, -0.15) is 18.3 Å². The Bertz CT molecular complexity index is 1780. The number of nitrogens with one attached hydrogen (secondary N) is 2. The molecule has 45 heavy (non-hydrogen) atoms. The monoisotopic (exact) mass is 638 g/mol. The molecular formula is C32H29F3N4O5S. The second kappa shape index (κ2) is 14.1. The quantitative estimate of drug-likeness (QED) is 0.162. The zero-order valence-corrected chi connectivity index (χ0v) is 25.0. The molecule has 0 saturated carbocycles. The van der Waals surface area contributed by atoms with Crippen molar-refractivity contribution >= 4 is 39.4 Å². The van der Waals surface area contributed by atoms with E-state index in [0.717, 1.165) is 23.3 Å². The minimum absolute atomic E-state index is 0.197. The van der Waals surface area contributed by atoms with Gasteiger partial charge in [-0.05, 0) is 86.1 Å². The topological polar surface area (TPSA) is 117 Å². The Morgan fingerprint density at radius 1 is 0.867 bits per heavy atom. The third kappa shape index (κ3) is 9.16. The van der Waals surface area contributed by atoms with Gasteiger partial charge in [0.15, 0.2) is 6.61 Å². The number of ether oxygens (including phenoxy) is 1. The summed E-state index contributed by atoms with van der Waals surface area (Å²) in [6.07, 6.45) is -3.44. The maximum absolute atomic E-state index is 13.5. The maximum atomic E-state index is 13.5. The van der Waals surface area contributed by atoms with Crippen LogP contribution in [0.2, 0.25) is 0 Å². The van der Waals surface area contributed by atoms with E-state index in [4.69, 9.17) is 4.74 Å². The first kappa shape index (κ1) is 32.7. The van der Waals surface area contributed by atoms with Gasteiger partial charge in [0.1, 0.15) is 12.3 Å². The van der Waals surface area contributed by atoms with Gasteiger partial charge in [-0.3, -0.25) is 13.9 Å². The standard InChI is InChI=1S/C32H29F3N4O5S/c1-22-6-12-26(13-7-22)37-31(41)21-44-28-14-10-24(11-15-28)19-36-38-30(40)20-39(27-5-3-4-25(18-27)32(33,34)35)45(42,43)29-16-8-23(2)9-17-29/h3-19H,20-21H2,1-2H3,(H,37,41)(H,38,40)/b36-19-. The van der Waals surface area contributed by atoms with E-state index in [9.17, 15) is 31.2 Å². The van der Waals surface area contributed by atoms with Crippen LogP contribution in [0.25, 0.3) is 0 Å². The van der Waals surface area contributed by atoms with E-state index in [2.05, 4.69) is 15.8 Å². The number of halogens is 3. The van der Waals surface area contributed by atoms with Crippen molar-refractivity contribution in [2.45, 2.75) is 24.9 Å². The Labute approximate surface area is 258 Å². The van der Waals surface area contributed by atoms with Crippen LogP contribution in [0.5, 0.6) is 5.75 Å². The van der Waals surface area contributed by atoms with Crippen molar-refractivity contribution in [2.75, 3.05) is 22.8 Å². The van der Waals surface area contributed by atoms with Crippen LogP contribution in [-0.2, 0) is 25.8 Å². The van der Waals surface area contributed by atoms with Crippen molar-refractivity contribution in [1.29, 1.82) is 0 Å². The highest BCUT2D eigenvalue weighted by atomic mass is 32.2. The molecule has 0 spiro atoms. The Hall–Kier alpha value is -5.17. The van der Waals surface area contributed by atoms with Crippen molar-refractivity contribution in [1.82, 2.24) is 5.43 Å². The Kier molecular flexibility index (Phi) is 10.2. The molecule has 0 aliphatic heterocycles. The summed E-state index contributed by atoms with van der Waals surface area (Å²) in [4.78, 5) is 24.7. The number of amides is 2. The minimum atomic E-state index is -4.73. The lowest BCUT2D eigenvalue weighted by Crippen LogP contribution is -2.39. The van der Waals surface area contributed by atoms with E-state index in [1.807, 2.05) is 19.1 Å². The van der Waals surface area contributed by atoms with Crippen molar-refractivity contribution in [3.05, 3.63) is 119 Å². The van der Waals surface area contributed by atoms with Gasteiger partial charge in [0, 0.05) is 5.69 Å². The molecule has 9 nitrogen and oxygen atoms in total. The number of sulfonamides is 1. The first-order chi connectivity index (χ1) is 21.3. The molecule has 0 aromatic heterocycles. The fraction of sp³-hybridized carbons (Fsp3) is 0.156. The summed E-state index contributed by atoms with van der Waals surface area (Å²) in [5.41, 5.74) is 3.82. The molecule has 13 heteroatoms. The molecule has 0 atom stereocenters. The number of rotatable bonds is 11. The van der Waals surface area contributed by atoms with Crippen molar-refractivity contribution < 1.29 is 35.9 Å². The summed E-state index contributed by atoms with van der Waals surface area (Å²) in [6, 6.07) is 23.1. The predicted molar refractivity (Wildman–Crippen MR) is 165 cm³/mol. The third-order valence-electron chi connectivity index (χ3n) is 6.35. The largest absolute Gasteiger partial charge is 0.484 e. The van der Waals surface area contributed by atoms with Crippen molar-refractivity contribution in [3.8, 4) is 5.75 Å². The number of anilines is 2. The van der Waals surface area contributed by atoms with Gasteiger partial charge in [0.25, 0.3) is 21.8 Å². The molecule has 0 bridgehead atoms. The van der Waals surface area contributed by atoms with Gasteiger partial charge in [-0.1, -0.05) is 41.5 Å². The van der Waals surface area contributed by atoms with E-state index in [-0.39, 0.29) is 23.1 Å². The number of carbonyl (C=O) groups excluding carboxylic acids is 2. The molecule has 0 radical (unpaired) electrons. The number of benzene rings is 4. The number of alkyl halides is 3. The third-order valence-corrected chi connectivity index (χ3v) is 8.13. The van der Waals surface area contributed by atoms with Gasteiger partial charge in [0.2, 0.25) is 0 Å². The number of nitrogens with zero attached hydrogens (tertiary/aromatic N) is 2. The number of hydrazone groups is 1. The van der Waals surface area contributed by atoms with Crippen LogP contribution in [-0.4, -0.2) is 39.6 Å². The highest BCUT2D eigenvalue weighted by Gasteiger charge is 2.33. The Morgan fingerprint density at radius 2 is 1.49 bits per heavy atom. The molecular weight excluding hydrogens is 609 g/mol. The smallest absolute Gasteiger partial charge is 0.416 e. The van der Waals surface area contributed by atoms with Gasteiger partial charge in [0.05, 0.1) is 22.4 Å². The van der Waals surface area contributed by atoms with E-state index in [0.29, 0.717) is 27.4 Å². The lowest BCUT2D eigenvalue weighted by atomic mass is 10.2. The first-order valence-electron chi connectivity index (χ1n) is 13.5. The van der Waals surface area contributed by atoms with Gasteiger partial charge >= 0.3 is 6.18 Å². The van der Waals surface area contributed by atoms with E-state index >= 15 is 0 Å². The normalized spacial score (nSPS) is 11.7. The zero-order valence-electron chi connectivity index (χ0n) is 24.2. The second-order valence-electron chi connectivity index (χ2n) is 9.94.